The Balaban J connectivity index is 2.05. The Morgan fingerprint density at radius 1 is 1.12 bits per heavy atom. The topological polar surface area (TPSA) is 41.9 Å². The van der Waals surface area contributed by atoms with Crippen molar-refractivity contribution in [2.45, 2.75) is 12.8 Å². The van der Waals surface area contributed by atoms with Gasteiger partial charge in [-0.25, -0.2) is 4.99 Å². The molecule has 3 rings (SSSR count). The van der Waals surface area contributed by atoms with E-state index in [-0.39, 0.29) is 5.91 Å². The summed E-state index contributed by atoms with van der Waals surface area (Å²) in [5, 5.41) is 0. The summed E-state index contributed by atoms with van der Waals surface area (Å²) in [5.74, 6) is 0.306. The van der Waals surface area contributed by atoms with Gasteiger partial charge in [-0.2, -0.15) is 0 Å². The molecule has 1 fully saturated rings. The second kappa shape index (κ2) is 6.93. The van der Waals surface area contributed by atoms with Crippen LogP contribution in [0.2, 0.25) is 0 Å². The van der Waals surface area contributed by atoms with E-state index in [4.69, 9.17) is 17.0 Å². The van der Waals surface area contributed by atoms with Crippen LogP contribution in [0.15, 0.2) is 59.6 Å². The Labute approximate surface area is 146 Å². The van der Waals surface area contributed by atoms with Gasteiger partial charge in [-0.15, -0.1) is 0 Å². The molecule has 0 radical (unpaired) electrons. The predicted octanol–water partition coefficient (Wildman–Crippen LogP) is 3.74. The largest absolute Gasteiger partial charge is 0.497 e. The van der Waals surface area contributed by atoms with Crippen LogP contribution in [0.1, 0.15) is 18.4 Å². The number of benzene rings is 2. The van der Waals surface area contributed by atoms with Gasteiger partial charge in [0.15, 0.2) is 0 Å². The van der Waals surface area contributed by atoms with E-state index in [2.05, 4.69) is 4.99 Å². The van der Waals surface area contributed by atoms with Crippen molar-refractivity contribution in [2.75, 3.05) is 13.7 Å². The minimum atomic E-state index is -0.444. The number of likely N-dealkylation sites (tertiary alicyclic amines) is 1. The number of likely N-dealkylation sites (N-methyl/N-ethyl adjacent to an activating group) is 1. The molecule has 1 saturated heterocycles. The van der Waals surface area contributed by atoms with Crippen LogP contribution < -0.4 is 4.74 Å². The van der Waals surface area contributed by atoms with Gasteiger partial charge in [-0.05, 0) is 36.8 Å². The number of rotatable bonds is 4. The maximum atomic E-state index is 12.8. The molecule has 4 nitrogen and oxygen atoms in total. The predicted molar refractivity (Wildman–Crippen MR) is 99.3 cm³/mol. The van der Waals surface area contributed by atoms with Gasteiger partial charge in [0.1, 0.15) is 16.7 Å². The Morgan fingerprint density at radius 2 is 1.79 bits per heavy atom. The van der Waals surface area contributed by atoms with Crippen molar-refractivity contribution < 1.29 is 9.53 Å². The van der Waals surface area contributed by atoms with Crippen molar-refractivity contribution in [2.24, 2.45) is 4.99 Å². The van der Waals surface area contributed by atoms with E-state index in [0.717, 1.165) is 17.0 Å². The number of ether oxygens (including phenoxy) is 1. The Hall–Kier alpha value is -2.53. The number of carbonyl (C=O) groups excluding carboxylic acids is 1. The highest BCUT2D eigenvalue weighted by molar-refractivity contribution is 7.82. The van der Waals surface area contributed by atoms with Crippen LogP contribution in [0.5, 0.6) is 5.75 Å². The molecular formula is C19H18N2O2S. The van der Waals surface area contributed by atoms with Crippen molar-refractivity contribution >= 4 is 34.5 Å². The van der Waals surface area contributed by atoms with Crippen LogP contribution in [-0.4, -0.2) is 35.2 Å². The second-order valence-corrected chi connectivity index (χ2v) is 5.81. The molecule has 24 heavy (non-hydrogen) atoms. The zero-order valence-corrected chi connectivity index (χ0v) is 14.4. The number of hydrogen-bond acceptors (Lipinski definition) is 4. The molecule has 122 valence electrons. The normalized spacial score (nSPS) is 19.2. The van der Waals surface area contributed by atoms with Gasteiger partial charge in [-0.1, -0.05) is 42.5 Å². The number of hydrogen-bond donors (Lipinski definition) is 0. The maximum Gasteiger partial charge on any atom is 0.241 e. The van der Waals surface area contributed by atoms with Crippen molar-refractivity contribution in [3.8, 4) is 5.75 Å². The summed E-state index contributed by atoms with van der Waals surface area (Å²) in [6.45, 7) is 2.46. The molecule has 5 heteroatoms. The van der Waals surface area contributed by atoms with Crippen molar-refractivity contribution in [3.63, 3.8) is 0 Å². The van der Waals surface area contributed by atoms with Crippen LogP contribution in [0.4, 0.5) is 5.69 Å². The van der Waals surface area contributed by atoms with E-state index < -0.39 is 5.92 Å². The third-order valence-corrected chi connectivity index (χ3v) is 4.45. The number of thiocarbonyl (C=S) groups is 1. The van der Waals surface area contributed by atoms with E-state index in [1.54, 1.807) is 12.0 Å². The zero-order chi connectivity index (χ0) is 17.1. The van der Waals surface area contributed by atoms with Crippen LogP contribution in [0, 0.1) is 0 Å². The molecule has 1 unspecified atom stereocenters. The number of aliphatic imine (C=N–C) groups is 1. The molecule has 0 aromatic heterocycles. The number of methoxy groups -OCH3 is 1. The van der Waals surface area contributed by atoms with Gasteiger partial charge in [-0.3, -0.25) is 4.79 Å². The lowest BCUT2D eigenvalue weighted by atomic mass is 9.96. The summed E-state index contributed by atoms with van der Waals surface area (Å²) in [4.78, 5) is 19.6. The Kier molecular flexibility index (Phi) is 4.71. The van der Waals surface area contributed by atoms with Crippen LogP contribution in [-0.2, 0) is 4.79 Å². The van der Waals surface area contributed by atoms with Gasteiger partial charge < -0.3 is 9.64 Å². The lowest BCUT2D eigenvalue weighted by Crippen LogP contribution is -2.29. The molecule has 0 saturated carbocycles. The van der Waals surface area contributed by atoms with Gasteiger partial charge in [0.05, 0.1) is 18.5 Å². The van der Waals surface area contributed by atoms with Crippen LogP contribution in [0.25, 0.3) is 0 Å². The lowest BCUT2D eigenvalue weighted by molar-refractivity contribution is -0.126. The Morgan fingerprint density at radius 3 is 2.38 bits per heavy atom. The smallest absolute Gasteiger partial charge is 0.241 e. The fraction of sp³-hybridized carbons (Fsp3) is 0.211. The molecule has 1 amide bonds. The molecular weight excluding hydrogens is 320 g/mol. The molecule has 0 aliphatic carbocycles. The number of nitrogens with zero attached hydrogens (tertiary/aromatic N) is 2. The minimum absolute atomic E-state index is 0.0130. The third-order valence-electron chi connectivity index (χ3n) is 4.02. The van der Waals surface area contributed by atoms with Crippen molar-refractivity contribution in [1.82, 2.24) is 4.90 Å². The van der Waals surface area contributed by atoms with E-state index in [1.165, 1.54) is 0 Å². The summed E-state index contributed by atoms with van der Waals surface area (Å²) in [7, 11) is 1.62. The zero-order valence-electron chi connectivity index (χ0n) is 13.6. The molecule has 1 aliphatic rings. The average Bonchev–Trinajstić information content (AvgIpc) is 2.86. The highest BCUT2D eigenvalue weighted by atomic mass is 32.1. The summed E-state index contributed by atoms with van der Waals surface area (Å²) in [5.41, 5.74) is 2.29. The lowest BCUT2D eigenvalue weighted by Gasteiger charge is -2.12. The summed E-state index contributed by atoms with van der Waals surface area (Å²) in [6, 6.07) is 17.0. The van der Waals surface area contributed by atoms with E-state index in [1.807, 2.05) is 61.5 Å². The fourth-order valence-electron chi connectivity index (χ4n) is 2.79. The molecule has 2 aromatic rings. The first-order chi connectivity index (χ1) is 11.7. The highest BCUT2D eigenvalue weighted by Crippen LogP contribution is 2.31. The average molecular weight is 338 g/mol. The first kappa shape index (κ1) is 16.3. The van der Waals surface area contributed by atoms with Gasteiger partial charge in [0, 0.05) is 6.54 Å². The highest BCUT2D eigenvalue weighted by Gasteiger charge is 2.42. The second-order valence-electron chi connectivity index (χ2n) is 5.43. The SMILES string of the molecule is CCN1C(=O)C(c2ccccc2)C(=Nc2ccc(OC)cc2)C1=S. The minimum Gasteiger partial charge on any atom is -0.497 e. The first-order valence-corrected chi connectivity index (χ1v) is 8.19. The first-order valence-electron chi connectivity index (χ1n) is 7.79. The van der Waals surface area contributed by atoms with E-state index in [9.17, 15) is 4.79 Å². The molecule has 0 spiro atoms. The summed E-state index contributed by atoms with van der Waals surface area (Å²) in [6.07, 6.45) is 0. The summed E-state index contributed by atoms with van der Waals surface area (Å²) >= 11 is 5.51. The van der Waals surface area contributed by atoms with Crippen molar-refractivity contribution in [3.05, 3.63) is 60.2 Å². The third kappa shape index (κ3) is 2.95. The molecule has 1 atom stereocenters. The van der Waals surface area contributed by atoms with E-state index >= 15 is 0 Å². The molecule has 2 aromatic carbocycles. The summed E-state index contributed by atoms with van der Waals surface area (Å²) < 4.78 is 5.17. The van der Waals surface area contributed by atoms with Crippen LogP contribution in [0.3, 0.4) is 0 Å². The molecule has 0 bridgehead atoms. The monoisotopic (exact) mass is 338 g/mol. The van der Waals surface area contributed by atoms with Crippen molar-refractivity contribution in [1.29, 1.82) is 0 Å². The van der Waals surface area contributed by atoms with Crippen LogP contribution >= 0.6 is 12.2 Å². The van der Waals surface area contributed by atoms with Gasteiger partial charge in [0.25, 0.3) is 0 Å². The number of carbonyl (C=O) groups is 1. The maximum absolute atomic E-state index is 12.8. The van der Waals surface area contributed by atoms with Gasteiger partial charge in [0.2, 0.25) is 5.91 Å². The molecule has 0 N–H and O–H groups in total. The van der Waals surface area contributed by atoms with E-state index in [0.29, 0.717) is 17.2 Å². The molecule has 1 aliphatic heterocycles. The Bertz CT molecular complexity index is 785. The number of amides is 1. The quantitative estimate of drug-likeness (QED) is 0.798. The molecule has 1 heterocycles. The fourth-order valence-corrected chi connectivity index (χ4v) is 3.17. The standard InChI is InChI=1S/C19H18N2O2S/c1-3-21-18(22)16(13-7-5-4-6-8-13)17(19(21)24)20-14-9-11-15(23-2)12-10-14/h4-12,16H,3H2,1-2H3. The van der Waals surface area contributed by atoms with Gasteiger partial charge >= 0.3 is 0 Å².